The van der Waals surface area contributed by atoms with Crippen molar-refractivity contribution >= 4 is 0 Å². The Morgan fingerprint density at radius 1 is 0.900 bits per heavy atom. The fourth-order valence-electron chi connectivity index (χ4n) is 3.91. The first-order valence-corrected chi connectivity index (χ1v) is 8.39. The van der Waals surface area contributed by atoms with E-state index in [-0.39, 0.29) is 0 Å². The first-order chi connectivity index (χ1) is 9.83. The molecule has 3 rings (SSSR count). The van der Waals surface area contributed by atoms with Crippen molar-refractivity contribution < 1.29 is 0 Å². The lowest BCUT2D eigenvalue weighted by Crippen LogP contribution is -2.59. The van der Waals surface area contributed by atoms with E-state index in [1.165, 1.54) is 65.3 Å². The van der Waals surface area contributed by atoms with Gasteiger partial charge in [0.2, 0.25) is 0 Å². The summed E-state index contributed by atoms with van der Waals surface area (Å²) in [4.78, 5) is 7.88. The second-order valence-corrected chi connectivity index (χ2v) is 6.71. The predicted molar refractivity (Wildman–Crippen MR) is 83.1 cm³/mol. The van der Waals surface area contributed by atoms with Crippen LogP contribution in [0, 0.1) is 5.92 Å². The van der Waals surface area contributed by atoms with Crippen molar-refractivity contribution in [1.82, 2.24) is 25.3 Å². The molecule has 0 aromatic rings. The van der Waals surface area contributed by atoms with E-state index in [4.69, 9.17) is 0 Å². The van der Waals surface area contributed by atoms with E-state index in [0.29, 0.717) is 0 Å². The van der Waals surface area contributed by atoms with Crippen molar-refractivity contribution in [2.75, 3.05) is 79.0 Å². The Labute approximate surface area is 123 Å². The Morgan fingerprint density at radius 3 is 2.40 bits per heavy atom. The Kier molecular flexibility index (Phi) is 5.29. The summed E-state index contributed by atoms with van der Waals surface area (Å²) in [6.45, 7) is 13.5. The molecule has 3 aliphatic rings. The van der Waals surface area contributed by atoms with Gasteiger partial charge in [-0.05, 0) is 25.9 Å². The molecule has 3 saturated heterocycles. The van der Waals surface area contributed by atoms with Crippen LogP contribution in [0.15, 0.2) is 0 Å². The van der Waals surface area contributed by atoms with Gasteiger partial charge in [-0.15, -0.1) is 0 Å². The van der Waals surface area contributed by atoms with Gasteiger partial charge in [0.1, 0.15) is 0 Å². The number of nitrogens with one attached hydrogen (secondary N) is 2. The van der Waals surface area contributed by atoms with Crippen LogP contribution < -0.4 is 10.6 Å². The molecule has 3 fully saturated rings. The van der Waals surface area contributed by atoms with Crippen LogP contribution >= 0.6 is 0 Å². The van der Waals surface area contributed by atoms with E-state index >= 15 is 0 Å². The van der Waals surface area contributed by atoms with Gasteiger partial charge in [0.05, 0.1) is 0 Å². The summed E-state index contributed by atoms with van der Waals surface area (Å²) in [6, 6.07) is 0.755. The topological polar surface area (TPSA) is 33.8 Å². The first kappa shape index (κ1) is 14.7. The van der Waals surface area contributed by atoms with Crippen LogP contribution in [0.5, 0.6) is 0 Å². The van der Waals surface area contributed by atoms with Crippen LogP contribution in [0.4, 0.5) is 0 Å². The zero-order chi connectivity index (χ0) is 13.8. The smallest absolute Gasteiger partial charge is 0.0262 e. The van der Waals surface area contributed by atoms with Crippen molar-refractivity contribution in [3.8, 4) is 0 Å². The fraction of sp³-hybridized carbons (Fsp3) is 1.00. The Morgan fingerprint density at radius 2 is 1.65 bits per heavy atom. The summed E-state index contributed by atoms with van der Waals surface area (Å²) < 4.78 is 0. The summed E-state index contributed by atoms with van der Waals surface area (Å²) in [5, 5.41) is 7.09. The molecule has 3 heterocycles. The molecule has 0 spiro atoms. The largest absolute Gasteiger partial charge is 0.315 e. The number of likely N-dealkylation sites (N-methyl/N-ethyl adjacent to an activating group) is 1. The molecule has 0 radical (unpaired) electrons. The zero-order valence-electron chi connectivity index (χ0n) is 13.0. The van der Waals surface area contributed by atoms with E-state index in [1.54, 1.807) is 0 Å². The summed E-state index contributed by atoms with van der Waals surface area (Å²) in [5.41, 5.74) is 0. The molecule has 0 aromatic heterocycles. The van der Waals surface area contributed by atoms with Crippen molar-refractivity contribution in [3.05, 3.63) is 0 Å². The van der Waals surface area contributed by atoms with Gasteiger partial charge in [-0.1, -0.05) is 0 Å². The van der Waals surface area contributed by atoms with Crippen LogP contribution in [0.3, 0.4) is 0 Å². The van der Waals surface area contributed by atoms with Gasteiger partial charge in [0, 0.05) is 71.5 Å². The average Bonchev–Trinajstić information content (AvgIpc) is 2.51. The molecule has 3 aliphatic heterocycles. The number of hydrogen-bond donors (Lipinski definition) is 2. The quantitative estimate of drug-likeness (QED) is 0.702. The minimum atomic E-state index is 0.755. The molecule has 0 bridgehead atoms. The number of hydrogen-bond acceptors (Lipinski definition) is 5. The van der Waals surface area contributed by atoms with E-state index in [1.807, 2.05) is 0 Å². The molecule has 2 atom stereocenters. The fourth-order valence-corrected chi connectivity index (χ4v) is 3.91. The van der Waals surface area contributed by atoms with Crippen molar-refractivity contribution in [2.24, 2.45) is 5.92 Å². The SMILES string of the molecule is CN1CCN(CC2CCNCC2N2CCNCC2)CC1. The van der Waals surface area contributed by atoms with E-state index in [2.05, 4.69) is 32.4 Å². The molecule has 0 aliphatic carbocycles. The molecule has 0 aromatic carbocycles. The first-order valence-electron chi connectivity index (χ1n) is 8.39. The van der Waals surface area contributed by atoms with Crippen LogP contribution in [-0.2, 0) is 0 Å². The third-order valence-corrected chi connectivity index (χ3v) is 5.30. The van der Waals surface area contributed by atoms with E-state index in [9.17, 15) is 0 Å². The van der Waals surface area contributed by atoms with Crippen LogP contribution in [0.2, 0.25) is 0 Å². The van der Waals surface area contributed by atoms with E-state index in [0.717, 1.165) is 25.0 Å². The van der Waals surface area contributed by atoms with Gasteiger partial charge in [-0.2, -0.15) is 0 Å². The van der Waals surface area contributed by atoms with Crippen molar-refractivity contribution in [2.45, 2.75) is 12.5 Å². The maximum Gasteiger partial charge on any atom is 0.0262 e. The molecule has 2 unspecified atom stereocenters. The lowest BCUT2D eigenvalue weighted by molar-refractivity contribution is 0.0616. The number of rotatable bonds is 3. The highest BCUT2D eigenvalue weighted by molar-refractivity contribution is 4.89. The third-order valence-electron chi connectivity index (χ3n) is 5.30. The van der Waals surface area contributed by atoms with Crippen molar-refractivity contribution in [3.63, 3.8) is 0 Å². The minimum absolute atomic E-state index is 0.755. The molecular weight excluding hydrogens is 250 g/mol. The molecule has 0 saturated carbocycles. The normalized spacial score (nSPS) is 35.2. The monoisotopic (exact) mass is 281 g/mol. The molecule has 0 amide bonds. The second-order valence-electron chi connectivity index (χ2n) is 6.71. The van der Waals surface area contributed by atoms with Crippen LogP contribution in [-0.4, -0.2) is 99.8 Å². The highest BCUT2D eigenvalue weighted by Crippen LogP contribution is 2.20. The maximum absolute atomic E-state index is 3.62. The lowest BCUT2D eigenvalue weighted by atomic mass is 9.90. The molecule has 5 heteroatoms. The Hall–Kier alpha value is -0.200. The standard InChI is InChI=1S/C15H31N5/c1-18-8-10-19(11-9-18)13-14-2-3-17-12-15(14)20-6-4-16-5-7-20/h14-17H,2-13H2,1H3. The molecule has 20 heavy (non-hydrogen) atoms. The summed E-state index contributed by atoms with van der Waals surface area (Å²) >= 11 is 0. The number of piperidine rings is 1. The van der Waals surface area contributed by atoms with Gasteiger partial charge in [-0.25, -0.2) is 0 Å². The summed E-state index contributed by atoms with van der Waals surface area (Å²) in [5.74, 6) is 0.859. The molecule has 5 nitrogen and oxygen atoms in total. The van der Waals surface area contributed by atoms with Gasteiger partial charge in [0.25, 0.3) is 0 Å². The van der Waals surface area contributed by atoms with Crippen LogP contribution in [0.25, 0.3) is 0 Å². The zero-order valence-corrected chi connectivity index (χ0v) is 13.0. The lowest BCUT2D eigenvalue weighted by Gasteiger charge is -2.44. The van der Waals surface area contributed by atoms with Crippen LogP contribution in [0.1, 0.15) is 6.42 Å². The van der Waals surface area contributed by atoms with E-state index < -0.39 is 0 Å². The summed E-state index contributed by atoms with van der Waals surface area (Å²) in [6.07, 6.45) is 1.35. The predicted octanol–water partition coefficient (Wildman–Crippen LogP) is -0.883. The Bertz CT molecular complexity index is 284. The molecule has 116 valence electrons. The van der Waals surface area contributed by atoms with Crippen molar-refractivity contribution in [1.29, 1.82) is 0 Å². The molecule has 2 N–H and O–H groups in total. The highest BCUT2D eigenvalue weighted by atomic mass is 15.3. The number of nitrogens with zero attached hydrogens (tertiary/aromatic N) is 3. The third kappa shape index (κ3) is 3.71. The van der Waals surface area contributed by atoms with Gasteiger partial charge >= 0.3 is 0 Å². The average molecular weight is 281 g/mol. The van der Waals surface area contributed by atoms with Gasteiger partial charge < -0.3 is 20.4 Å². The van der Waals surface area contributed by atoms with Gasteiger partial charge in [0.15, 0.2) is 0 Å². The highest BCUT2D eigenvalue weighted by Gasteiger charge is 2.32. The summed E-state index contributed by atoms with van der Waals surface area (Å²) in [7, 11) is 2.24. The molecular formula is C15H31N5. The second kappa shape index (κ2) is 7.18. The van der Waals surface area contributed by atoms with Gasteiger partial charge in [-0.3, -0.25) is 4.90 Å². The maximum atomic E-state index is 3.62. The minimum Gasteiger partial charge on any atom is -0.315 e. The Balaban J connectivity index is 1.54. The number of piperazine rings is 2.